The lowest BCUT2D eigenvalue weighted by Gasteiger charge is -2.29. The first-order chi connectivity index (χ1) is 17.0. The van der Waals surface area contributed by atoms with Crippen molar-refractivity contribution in [3.05, 3.63) is 112 Å². The van der Waals surface area contributed by atoms with E-state index in [4.69, 9.17) is 16.3 Å². The zero-order valence-corrected chi connectivity index (χ0v) is 19.5. The first kappa shape index (κ1) is 22.6. The van der Waals surface area contributed by atoms with E-state index >= 15 is 0 Å². The van der Waals surface area contributed by atoms with Crippen LogP contribution in [0.15, 0.2) is 90.4 Å². The van der Waals surface area contributed by atoms with Crippen molar-refractivity contribution in [1.82, 2.24) is 14.8 Å². The quantitative estimate of drug-likeness (QED) is 0.369. The van der Waals surface area contributed by atoms with Gasteiger partial charge >= 0.3 is 0 Å². The van der Waals surface area contributed by atoms with Crippen LogP contribution in [0, 0.1) is 5.82 Å². The fraction of sp³-hybridized carbons (Fsp3) is 0.115. The van der Waals surface area contributed by atoms with E-state index in [1.165, 1.54) is 18.5 Å². The minimum atomic E-state index is -0.532. The van der Waals surface area contributed by atoms with Gasteiger partial charge in [-0.05, 0) is 66.6 Å². The molecule has 1 amide bonds. The lowest BCUT2D eigenvalue weighted by molar-refractivity contribution is -0.113. The lowest BCUT2D eigenvalue weighted by atomic mass is 9.95. The van der Waals surface area contributed by atoms with Crippen LogP contribution in [-0.4, -0.2) is 20.7 Å². The Labute approximate surface area is 206 Å². The number of ether oxygens (including phenoxy) is 1. The largest absolute Gasteiger partial charge is 0.489 e. The molecule has 0 saturated carbocycles. The molecule has 2 N–H and O–H groups in total. The number of anilines is 2. The van der Waals surface area contributed by atoms with Gasteiger partial charge in [0.1, 0.15) is 30.5 Å². The van der Waals surface area contributed by atoms with Gasteiger partial charge in [0.25, 0.3) is 5.91 Å². The number of hydrogen-bond donors (Lipinski definition) is 2. The number of amides is 1. The van der Waals surface area contributed by atoms with E-state index in [9.17, 15) is 9.18 Å². The molecular formula is C26H21ClFN5O2. The van der Waals surface area contributed by atoms with Gasteiger partial charge in [-0.25, -0.2) is 9.07 Å². The van der Waals surface area contributed by atoms with Crippen LogP contribution in [0.2, 0.25) is 5.02 Å². The molecule has 1 aliphatic heterocycles. The summed E-state index contributed by atoms with van der Waals surface area (Å²) in [5.74, 6) is 0.577. The molecule has 0 bridgehead atoms. The van der Waals surface area contributed by atoms with Crippen LogP contribution in [0.4, 0.5) is 16.0 Å². The highest BCUT2D eigenvalue weighted by Crippen LogP contribution is 2.36. The Balaban J connectivity index is 1.45. The molecule has 2 heterocycles. The molecule has 4 aromatic rings. The average Bonchev–Trinajstić information content (AvgIpc) is 3.32. The highest BCUT2D eigenvalue weighted by Gasteiger charge is 2.33. The summed E-state index contributed by atoms with van der Waals surface area (Å²) in [5, 5.41) is 11.0. The third-order valence-corrected chi connectivity index (χ3v) is 5.89. The summed E-state index contributed by atoms with van der Waals surface area (Å²) in [6.45, 7) is 2.11. The van der Waals surface area contributed by atoms with Crippen molar-refractivity contribution >= 4 is 29.1 Å². The van der Waals surface area contributed by atoms with Gasteiger partial charge in [0.2, 0.25) is 5.95 Å². The first-order valence-corrected chi connectivity index (χ1v) is 11.3. The van der Waals surface area contributed by atoms with Gasteiger partial charge in [-0.15, -0.1) is 0 Å². The standard InChI is InChI=1S/C26H21ClFN5O2/c1-16-23(25(34)32-21-11-7-19(27)8-12-21)24(33-26(31-16)29-15-30-33)18-3-2-4-22(13-18)35-14-17-5-9-20(28)10-6-17/h2-13,15,24H,14H2,1H3,(H,32,34)(H,29,30,31)/t24-/m0/s1. The van der Waals surface area contributed by atoms with Crippen molar-refractivity contribution in [1.29, 1.82) is 0 Å². The molecule has 0 unspecified atom stereocenters. The van der Waals surface area contributed by atoms with Crippen LogP contribution < -0.4 is 15.4 Å². The van der Waals surface area contributed by atoms with Crippen LogP contribution >= 0.6 is 11.6 Å². The zero-order valence-electron chi connectivity index (χ0n) is 18.7. The number of halogens is 2. The number of carbonyl (C=O) groups is 1. The van der Waals surface area contributed by atoms with Crippen molar-refractivity contribution in [3.63, 3.8) is 0 Å². The van der Waals surface area contributed by atoms with E-state index in [2.05, 4.69) is 20.7 Å². The van der Waals surface area contributed by atoms with Crippen molar-refractivity contribution in [2.45, 2.75) is 19.6 Å². The summed E-state index contributed by atoms with van der Waals surface area (Å²) >= 11 is 5.97. The van der Waals surface area contributed by atoms with Gasteiger partial charge in [0, 0.05) is 16.4 Å². The Morgan fingerprint density at radius 3 is 2.69 bits per heavy atom. The van der Waals surface area contributed by atoms with Crippen LogP contribution in [0.25, 0.3) is 0 Å². The van der Waals surface area contributed by atoms with Gasteiger partial charge in [-0.1, -0.05) is 35.9 Å². The molecule has 7 nitrogen and oxygen atoms in total. The van der Waals surface area contributed by atoms with E-state index in [1.807, 2.05) is 31.2 Å². The zero-order chi connectivity index (χ0) is 24.4. The SMILES string of the molecule is CC1=C(C(=O)Nc2ccc(Cl)cc2)[C@H](c2cccc(OCc3ccc(F)cc3)c2)n2ncnc2N1. The summed E-state index contributed by atoms with van der Waals surface area (Å²) in [6, 6.07) is 20.0. The number of nitrogens with one attached hydrogen (secondary N) is 2. The van der Waals surface area contributed by atoms with Crippen molar-refractivity contribution < 1.29 is 13.9 Å². The lowest BCUT2D eigenvalue weighted by Crippen LogP contribution is -2.31. The number of benzene rings is 3. The summed E-state index contributed by atoms with van der Waals surface area (Å²) in [6.07, 6.45) is 1.44. The minimum Gasteiger partial charge on any atom is -0.489 e. The maximum atomic E-state index is 13.4. The second-order valence-electron chi connectivity index (χ2n) is 8.04. The van der Waals surface area contributed by atoms with Crippen molar-refractivity contribution in [3.8, 4) is 5.75 Å². The average molecular weight is 490 g/mol. The second kappa shape index (κ2) is 9.60. The Hall–Kier alpha value is -4.17. The smallest absolute Gasteiger partial charge is 0.255 e. The predicted molar refractivity (Wildman–Crippen MR) is 132 cm³/mol. The fourth-order valence-corrected chi connectivity index (χ4v) is 4.07. The molecule has 1 aromatic heterocycles. The highest BCUT2D eigenvalue weighted by atomic mass is 35.5. The molecule has 0 fully saturated rings. The monoisotopic (exact) mass is 489 g/mol. The number of allylic oxidation sites excluding steroid dienone is 1. The topological polar surface area (TPSA) is 81.1 Å². The number of rotatable bonds is 6. The number of nitrogens with zero attached hydrogens (tertiary/aromatic N) is 3. The normalized spacial score (nSPS) is 14.8. The number of aromatic nitrogens is 3. The van der Waals surface area contributed by atoms with Gasteiger partial charge in [-0.2, -0.15) is 10.1 Å². The molecule has 1 atom stereocenters. The highest BCUT2D eigenvalue weighted by molar-refractivity contribution is 6.30. The molecule has 5 rings (SSSR count). The van der Waals surface area contributed by atoms with Gasteiger partial charge in [0.05, 0.1) is 5.57 Å². The van der Waals surface area contributed by atoms with Crippen LogP contribution in [0.5, 0.6) is 5.75 Å². The maximum absolute atomic E-state index is 13.4. The molecule has 176 valence electrons. The van der Waals surface area contributed by atoms with Gasteiger partial charge in [0.15, 0.2) is 0 Å². The van der Waals surface area contributed by atoms with Gasteiger partial charge < -0.3 is 15.4 Å². The molecule has 35 heavy (non-hydrogen) atoms. The number of hydrogen-bond acceptors (Lipinski definition) is 5. The Morgan fingerprint density at radius 1 is 1.14 bits per heavy atom. The molecule has 0 saturated heterocycles. The molecule has 0 radical (unpaired) electrons. The van der Waals surface area contributed by atoms with Gasteiger partial charge in [-0.3, -0.25) is 4.79 Å². The number of fused-ring (bicyclic) bond motifs is 1. The van der Waals surface area contributed by atoms with Crippen LogP contribution in [0.3, 0.4) is 0 Å². The summed E-state index contributed by atoms with van der Waals surface area (Å²) in [5.41, 5.74) is 3.43. The number of carbonyl (C=O) groups excluding carboxylic acids is 1. The van der Waals surface area contributed by atoms with Crippen molar-refractivity contribution in [2.24, 2.45) is 0 Å². The van der Waals surface area contributed by atoms with E-state index in [1.54, 1.807) is 41.1 Å². The Morgan fingerprint density at radius 2 is 1.91 bits per heavy atom. The van der Waals surface area contributed by atoms with Crippen LogP contribution in [-0.2, 0) is 11.4 Å². The van der Waals surface area contributed by atoms with Crippen molar-refractivity contribution in [2.75, 3.05) is 10.6 Å². The summed E-state index contributed by atoms with van der Waals surface area (Å²) < 4.78 is 20.8. The predicted octanol–water partition coefficient (Wildman–Crippen LogP) is 5.58. The van der Waals surface area contributed by atoms with E-state index < -0.39 is 6.04 Å². The third kappa shape index (κ3) is 4.88. The second-order valence-corrected chi connectivity index (χ2v) is 8.48. The van der Waals surface area contributed by atoms with E-state index in [0.717, 1.165) is 11.1 Å². The molecule has 1 aliphatic rings. The molecule has 3 aromatic carbocycles. The third-order valence-electron chi connectivity index (χ3n) is 5.63. The fourth-order valence-electron chi connectivity index (χ4n) is 3.95. The Bertz CT molecular complexity index is 1400. The van der Waals surface area contributed by atoms with E-state index in [0.29, 0.717) is 33.7 Å². The molecule has 9 heteroatoms. The first-order valence-electron chi connectivity index (χ1n) is 10.9. The maximum Gasteiger partial charge on any atom is 0.255 e. The Kier molecular flexibility index (Phi) is 6.20. The molecule has 0 aliphatic carbocycles. The summed E-state index contributed by atoms with van der Waals surface area (Å²) in [4.78, 5) is 17.7. The molecular weight excluding hydrogens is 469 g/mol. The van der Waals surface area contributed by atoms with Crippen LogP contribution in [0.1, 0.15) is 24.1 Å². The summed E-state index contributed by atoms with van der Waals surface area (Å²) in [7, 11) is 0. The van der Waals surface area contributed by atoms with E-state index in [-0.39, 0.29) is 18.3 Å². The molecule has 0 spiro atoms. The minimum absolute atomic E-state index is 0.277.